The molecule has 1 saturated heterocycles. The Kier molecular flexibility index (Phi) is 2.88. The molecule has 1 aliphatic heterocycles. The second-order valence-electron chi connectivity index (χ2n) is 3.53. The van der Waals surface area contributed by atoms with Gasteiger partial charge >= 0.3 is 0 Å². The number of nitrogens with zero attached hydrogens (tertiary/aromatic N) is 1. The minimum Gasteiger partial charge on any atom is -0.377 e. The van der Waals surface area contributed by atoms with Gasteiger partial charge in [-0.3, -0.25) is 4.79 Å². The maximum atomic E-state index is 11.7. The zero-order valence-electron chi connectivity index (χ0n) is 8.29. The third-order valence-electron chi connectivity index (χ3n) is 2.16. The van der Waals surface area contributed by atoms with Crippen LogP contribution in [0.5, 0.6) is 0 Å². The molecule has 80 valence electrons. The van der Waals surface area contributed by atoms with E-state index in [1.54, 1.807) is 19.1 Å². The van der Waals surface area contributed by atoms with Crippen LogP contribution in [-0.2, 0) is 4.74 Å². The van der Waals surface area contributed by atoms with Crippen molar-refractivity contribution in [3.63, 3.8) is 0 Å². The molecular formula is C10H11ClN2O2. The molecule has 0 bridgehead atoms. The number of rotatable bonds is 2. The number of nitrogens with one attached hydrogen (secondary N) is 1. The number of carbonyl (C=O) groups is 1. The van der Waals surface area contributed by atoms with Gasteiger partial charge < -0.3 is 10.1 Å². The van der Waals surface area contributed by atoms with Crippen molar-refractivity contribution >= 4 is 17.5 Å². The normalized spacial score (nSPS) is 15.9. The van der Waals surface area contributed by atoms with Crippen LogP contribution >= 0.6 is 11.6 Å². The lowest BCUT2D eigenvalue weighted by molar-refractivity contribution is -0.00346. The van der Waals surface area contributed by atoms with Crippen molar-refractivity contribution in [1.29, 1.82) is 0 Å². The maximum absolute atomic E-state index is 11.7. The third kappa shape index (κ3) is 2.46. The van der Waals surface area contributed by atoms with E-state index in [0.717, 1.165) is 5.69 Å². The molecule has 0 aromatic carbocycles. The van der Waals surface area contributed by atoms with Crippen molar-refractivity contribution in [2.24, 2.45) is 0 Å². The van der Waals surface area contributed by atoms with E-state index in [9.17, 15) is 4.79 Å². The van der Waals surface area contributed by atoms with E-state index < -0.39 is 0 Å². The Bertz CT molecular complexity index is 371. The Labute approximate surface area is 92.6 Å². The van der Waals surface area contributed by atoms with Gasteiger partial charge in [-0.2, -0.15) is 0 Å². The zero-order valence-corrected chi connectivity index (χ0v) is 9.04. The summed E-state index contributed by atoms with van der Waals surface area (Å²) in [6, 6.07) is 3.40. The van der Waals surface area contributed by atoms with Crippen molar-refractivity contribution in [2.75, 3.05) is 13.2 Å². The lowest BCUT2D eigenvalue weighted by Gasteiger charge is -2.26. The molecule has 0 unspecified atom stereocenters. The number of hydrogen-bond acceptors (Lipinski definition) is 3. The summed E-state index contributed by atoms with van der Waals surface area (Å²) < 4.78 is 4.97. The van der Waals surface area contributed by atoms with Gasteiger partial charge in [-0.1, -0.05) is 11.6 Å². The Morgan fingerprint density at radius 2 is 2.33 bits per heavy atom. The van der Waals surface area contributed by atoms with E-state index in [2.05, 4.69) is 10.3 Å². The second kappa shape index (κ2) is 4.16. The maximum Gasteiger partial charge on any atom is 0.251 e. The SMILES string of the molecule is Cc1cc(C(=O)NC2COC2)cc(Cl)n1. The molecule has 1 aromatic heterocycles. The average molecular weight is 227 g/mol. The Morgan fingerprint density at radius 1 is 1.60 bits per heavy atom. The van der Waals surface area contributed by atoms with Crippen molar-refractivity contribution in [3.8, 4) is 0 Å². The highest BCUT2D eigenvalue weighted by Crippen LogP contribution is 2.11. The van der Waals surface area contributed by atoms with Gasteiger partial charge in [0, 0.05) is 11.3 Å². The molecule has 1 aliphatic rings. The molecule has 1 N–H and O–H groups in total. The standard InChI is InChI=1S/C10H11ClN2O2/c1-6-2-7(3-9(11)12-6)10(14)13-8-4-15-5-8/h2-3,8H,4-5H2,1H3,(H,13,14). The van der Waals surface area contributed by atoms with Gasteiger partial charge in [0.15, 0.2) is 0 Å². The van der Waals surface area contributed by atoms with Crippen LogP contribution in [0.25, 0.3) is 0 Å². The third-order valence-corrected chi connectivity index (χ3v) is 2.35. The topological polar surface area (TPSA) is 51.2 Å². The van der Waals surface area contributed by atoms with Gasteiger partial charge in [0.05, 0.1) is 19.3 Å². The smallest absolute Gasteiger partial charge is 0.251 e. The fourth-order valence-corrected chi connectivity index (χ4v) is 1.60. The number of carbonyl (C=O) groups excluding carboxylic acids is 1. The molecule has 0 atom stereocenters. The van der Waals surface area contributed by atoms with Crippen LogP contribution < -0.4 is 5.32 Å². The van der Waals surface area contributed by atoms with Crippen LogP contribution in [0.2, 0.25) is 5.15 Å². The molecule has 5 heteroatoms. The highest BCUT2D eigenvalue weighted by Gasteiger charge is 2.21. The van der Waals surface area contributed by atoms with Gasteiger partial charge in [0.2, 0.25) is 0 Å². The fourth-order valence-electron chi connectivity index (χ4n) is 1.35. The molecule has 4 nitrogen and oxygen atoms in total. The van der Waals surface area contributed by atoms with E-state index in [1.807, 2.05) is 0 Å². The van der Waals surface area contributed by atoms with Crippen LogP contribution in [0.3, 0.4) is 0 Å². The van der Waals surface area contributed by atoms with Crippen LogP contribution in [0, 0.1) is 6.92 Å². The Morgan fingerprint density at radius 3 is 2.87 bits per heavy atom. The summed E-state index contributed by atoms with van der Waals surface area (Å²) in [6.07, 6.45) is 0. The molecule has 0 aliphatic carbocycles. The molecule has 1 aromatic rings. The van der Waals surface area contributed by atoms with Gasteiger partial charge in [-0.25, -0.2) is 4.98 Å². The lowest BCUT2D eigenvalue weighted by atomic mass is 10.2. The molecule has 1 fully saturated rings. The van der Waals surface area contributed by atoms with Crippen molar-refractivity contribution in [1.82, 2.24) is 10.3 Å². The quantitative estimate of drug-likeness (QED) is 0.771. The second-order valence-corrected chi connectivity index (χ2v) is 3.92. The van der Waals surface area contributed by atoms with Crippen LogP contribution in [0.15, 0.2) is 12.1 Å². The molecule has 0 radical (unpaired) electrons. The summed E-state index contributed by atoms with van der Waals surface area (Å²) in [4.78, 5) is 15.7. The number of hydrogen-bond donors (Lipinski definition) is 1. The molecule has 0 spiro atoms. The molecule has 0 saturated carbocycles. The number of halogens is 1. The summed E-state index contributed by atoms with van der Waals surface area (Å²) in [5.41, 5.74) is 1.27. The number of aryl methyl sites for hydroxylation is 1. The summed E-state index contributed by atoms with van der Waals surface area (Å²) >= 11 is 5.76. The molecule has 2 heterocycles. The predicted octanol–water partition coefficient (Wildman–Crippen LogP) is 1.17. The van der Waals surface area contributed by atoms with Crippen LogP contribution in [-0.4, -0.2) is 30.1 Å². The predicted molar refractivity (Wildman–Crippen MR) is 56.1 cm³/mol. The summed E-state index contributed by atoms with van der Waals surface area (Å²) in [6.45, 7) is 2.97. The van der Waals surface area contributed by atoms with Crippen LogP contribution in [0.4, 0.5) is 0 Å². The Balaban J connectivity index is 2.10. The van der Waals surface area contributed by atoms with Gasteiger partial charge in [0.1, 0.15) is 5.15 Å². The van der Waals surface area contributed by atoms with Gasteiger partial charge in [-0.15, -0.1) is 0 Å². The first-order valence-electron chi connectivity index (χ1n) is 4.68. The minimum atomic E-state index is -0.129. The fraction of sp³-hybridized carbons (Fsp3) is 0.400. The number of pyridine rings is 1. The first-order valence-corrected chi connectivity index (χ1v) is 5.06. The highest BCUT2D eigenvalue weighted by molar-refractivity contribution is 6.29. The molecule has 15 heavy (non-hydrogen) atoms. The molecule has 1 amide bonds. The monoisotopic (exact) mass is 226 g/mol. The van der Waals surface area contributed by atoms with Crippen molar-refractivity contribution in [3.05, 3.63) is 28.5 Å². The first-order chi connectivity index (χ1) is 7.15. The average Bonchev–Trinajstić information content (AvgIpc) is 2.09. The highest BCUT2D eigenvalue weighted by atomic mass is 35.5. The number of ether oxygens (including phenoxy) is 1. The summed E-state index contributed by atoms with van der Waals surface area (Å²) in [5, 5.41) is 3.17. The molecular weight excluding hydrogens is 216 g/mol. The van der Waals surface area contributed by atoms with E-state index in [1.165, 1.54) is 0 Å². The summed E-state index contributed by atoms with van der Waals surface area (Å²) in [5.74, 6) is -0.129. The number of aromatic nitrogens is 1. The van der Waals surface area contributed by atoms with Crippen LogP contribution in [0.1, 0.15) is 16.1 Å². The van der Waals surface area contributed by atoms with Crippen molar-refractivity contribution < 1.29 is 9.53 Å². The lowest BCUT2D eigenvalue weighted by Crippen LogP contribution is -2.48. The van der Waals surface area contributed by atoms with E-state index in [0.29, 0.717) is 23.9 Å². The minimum absolute atomic E-state index is 0.129. The zero-order chi connectivity index (χ0) is 10.8. The van der Waals surface area contributed by atoms with E-state index in [4.69, 9.17) is 16.3 Å². The van der Waals surface area contributed by atoms with Crippen molar-refractivity contribution in [2.45, 2.75) is 13.0 Å². The first kappa shape index (κ1) is 10.4. The van der Waals surface area contributed by atoms with Gasteiger partial charge in [-0.05, 0) is 19.1 Å². The molecule has 2 rings (SSSR count). The van der Waals surface area contributed by atoms with Gasteiger partial charge in [0.25, 0.3) is 5.91 Å². The largest absolute Gasteiger partial charge is 0.377 e. The number of amides is 1. The van der Waals surface area contributed by atoms with E-state index >= 15 is 0 Å². The Hall–Kier alpha value is -1.13. The summed E-state index contributed by atoms with van der Waals surface area (Å²) in [7, 11) is 0. The van der Waals surface area contributed by atoms with E-state index in [-0.39, 0.29) is 11.9 Å².